The highest BCUT2D eigenvalue weighted by molar-refractivity contribution is 7.98. The van der Waals surface area contributed by atoms with Gasteiger partial charge in [0.1, 0.15) is 11.5 Å². The van der Waals surface area contributed by atoms with E-state index in [9.17, 15) is 20.2 Å². The summed E-state index contributed by atoms with van der Waals surface area (Å²) in [7, 11) is 1.56. The minimum Gasteiger partial charge on any atom is -0.495 e. The monoisotopic (exact) mass is 494 g/mol. The first-order chi connectivity index (χ1) is 17.0. The number of fused-ring (bicyclic) bond motifs is 2. The molecular weight excluding hydrogens is 476 g/mol. The van der Waals surface area contributed by atoms with Gasteiger partial charge in [-0.2, -0.15) is 0 Å². The summed E-state index contributed by atoms with van der Waals surface area (Å²) in [5, 5.41) is 23.3. The van der Waals surface area contributed by atoms with E-state index in [-0.39, 0.29) is 24.8 Å². The van der Waals surface area contributed by atoms with Crippen molar-refractivity contribution in [3.8, 4) is 17.2 Å². The largest absolute Gasteiger partial charge is 0.495 e. The van der Waals surface area contributed by atoms with E-state index in [2.05, 4.69) is 4.98 Å². The van der Waals surface area contributed by atoms with Gasteiger partial charge >= 0.3 is 0 Å². The van der Waals surface area contributed by atoms with E-state index in [1.54, 1.807) is 13.2 Å². The fraction of sp³-hybridized carbons (Fsp3) is 0.174. The molecule has 0 fully saturated rings. The highest BCUT2D eigenvalue weighted by atomic mass is 32.2. The van der Waals surface area contributed by atoms with Crippen LogP contribution < -0.4 is 9.47 Å². The molecule has 35 heavy (non-hydrogen) atoms. The van der Waals surface area contributed by atoms with E-state index in [4.69, 9.17) is 14.2 Å². The lowest BCUT2D eigenvalue weighted by Crippen LogP contribution is -2.13. The van der Waals surface area contributed by atoms with Gasteiger partial charge in [0.25, 0.3) is 11.4 Å². The molecule has 5 rings (SSSR count). The summed E-state index contributed by atoms with van der Waals surface area (Å²) in [6.07, 6.45) is 0. The van der Waals surface area contributed by atoms with Crippen LogP contribution in [0.5, 0.6) is 11.5 Å². The number of nitrogens with zero attached hydrogens (tertiary/aromatic N) is 4. The smallest absolute Gasteiger partial charge is 0.271 e. The standard InChI is InChI=1S/C23H18N4O7S/c1-32-21-5-3-2-4-20(21)25-19-7-6-16(26(28)29)10-18(19)24-23(25)35-12-15-9-17(27(30)31)8-14-11-33-13-34-22(14)15/h2-10H,11-13H2,1H3. The molecule has 0 saturated heterocycles. The van der Waals surface area contributed by atoms with Crippen LogP contribution in [0, 0.1) is 20.2 Å². The second-order valence-electron chi connectivity index (χ2n) is 7.58. The Morgan fingerprint density at radius 3 is 2.66 bits per heavy atom. The average molecular weight is 494 g/mol. The number of methoxy groups -OCH3 is 1. The second-order valence-corrected chi connectivity index (χ2v) is 8.52. The Hall–Kier alpha value is -4.16. The first-order valence-electron chi connectivity index (χ1n) is 10.4. The fourth-order valence-corrected chi connectivity index (χ4v) is 4.93. The molecule has 0 saturated carbocycles. The molecule has 11 nitrogen and oxygen atoms in total. The van der Waals surface area contributed by atoms with Crippen LogP contribution in [0.1, 0.15) is 11.1 Å². The van der Waals surface area contributed by atoms with Crippen LogP contribution in [0.4, 0.5) is 11.4 Å². The first-order valence-corrected chi connectivity index (χ1v) is 11.4. The Bertz CT molecular complexity index is 1470. The van der Waals surface area contributed by atoms with Crippen LogP contribution >= 0.6 is 11.8 Å². The molecule has 2 heterocycles. The summed E-state index contributed by atoms with van der Waals surface area (Å²) < 4.78 is 18.3. The molecule has 178 valence electrons. The van der Waals surface area contributed by atoms with Crippen LogP contribution in [0.3, 0.4) is 0 Å². The van der Waals surface area contributed by atoms with Gasteiger partial charge in [0, 0.05) is 41.1 Å². The van der Waals surface area contributed by atoms with Crippen molar-refractivity contribution in [2.45, 2.75) is 17.5 Å². The normalized spacial score (nSPS) is 12.7. The summed E-state index contributed by atoms with van der Waals surface area (Å²) >= 11 is 1.33. The Labute approximate surface area is 202 Å². The number of hydrogen-bond acceptors (Lipinski definition) is 9. The van der Waals surface area contributed by atoms with Crippen molar-refractivity contribution in [1.29, 1.82) is 0 Å². The van der Waals surface area contributed by atoms with Gasteiger partial charge in [-0.15, -0.1) is 0 Å². The Kier molecular flexibility index (Phi) is 5.97. The molecule has 0 unspecified atom stereocenters. The molecular formula is C23H18N4O7S. The predicted octanol–water partition coefficient (Wildman–Crippen LogP) is 5.01. The molecule has 0 radical (unpaired) electrons. The first kappa shape index (κ1) is 22.6. The zero-order valence-electron chi connectivity index (χ0n) is 18.4. The molecule has 12 heteroatoms. The number of nitro benzene ring substituents is 2. The number of imidazole rings is 1. The number of thioether (sulfide) groups is 1. The van der Waals surface area contributed by atoms with E-state index in [1.807, 2.05) is 28.8 Å². The molecule has 0 atom stereocenters. The van der Waals surface area contributed by atoms with Crippen molar-refractivity contribution in [3.05, 3.63) is 86.0 Å². The Balaban J connectivity index is 1.61. The number of para-hydroxylation sites is 2. The zero-order valence-corrected chi connectivity index (χ0v) is 19.2. The van der Waals surface area contributed by atoms with Gasteiger partial charge in [0.15, 0.2) is 11.9 Å². The lowest BCUT2D eigenvalue weighted by atomic mass is 10.1. The van der Waals surface area contributed by atoms with Crippen molar-refractivity contribution >= 4 is 34.2 Å². The third kappa shape index (κ3) is 4.24. The van der Waals surface area contributed by atoms with Gasteiger partial charge in [-0.3, -0.25) is 24.8 Å². The Morgan fingerprint density at radius 2 is 1.89 bits per heavy atom. The zero-order chi connectivity index (χ0) is 24.5. The van der Waals surface area contributed by atoms with Crippen molar-refractivity contribution in [3.63, 3.8) is 0 Å². The number of aromatic nitrogens is 2. The summed E-state index contributed by atoms with van der Waals surface area (Å²) in [5.74, 6) is 1.47. The van der Waals surface area contributed by atoms with E-state index < -0.39 is 9.85 Å². The highest BCUT2D eigenvalue weighted by Crippen LogP contribution is 2.39. The summed E-state index contributed by atoms with van der Waals surface area (Å²) in [6, 6.07) is 14.8. The number of ether oxygens (including phenoxy) is 3. The van der Waals surface area contributed by atoms with Crippen LogP contribution in [0.25, 0.3) is 16.7 Å². The maximum atomic E-state index is 11.5. The summed E-state index contributed by atoms with van der Waals surface area (Å²) in [5.41, 5.74) is 2.93. The summed E-state index contributed by atoms with van der Waals surface area (Å²) in [4.78, 5) is 26.5. The second kappa shape index (κ2) is 9.24. The number of benzene rings is 3. The Morgan fingerprint density at radius 1 is 1.09 bits per heavy atom. The number of rotatable bonds is 7. The summed E-state index contributed by atoms with van der Waals surface area (Å²) in [6.45, 7) is 0.282. The van der Waals surface area contributed by atoms with Crippen LogP contribution in [-0.2, 0) is 17.1 Å². The van der Waals surface area contributed by atoms with E-state index in [0.29, 0.717) is 50.3 Å². The molecule has 1 aliphatic rings. The quantitative estimate of drug-likeness (QED) is 0.197. The van der Waals surface area contributed by atoms with Crippen LogP contribution in [0.2, 0.25) is 0 Å². The predicted molar refractivity (Wildman–Crippen MR) is 127 cm³/mol. The molecule has 1 aromatic heterocycles. The molecule has 1 aliphatic heterocycles. The van der Waals surface area contributed by atoms with Gasteiger partial charge in [-0.1, -0.05) is 23.9 Å². The number of nitro groups is 2. The third-order valence-electron chi connectivity index (χ3n) is 5.48. The molecule has 0 spiro atoms. The van der Waals surface area contributed by atoms with E-state index >= 15 is 0 Å². The van der Waals surface area contributed by atoms with Gasteiger partial charge in [0.2, 0.25) is 0 Å². The van der Waals surface area contributed by atoms with E-state index in [1.165, 1.54) is 36.0 Å². The average Bonchev–Trinajstić information content (AvgIpc) is 3.24. The minimum atomic E-state index is -0.469. The maximum Gasteiger partial charge on any atom is 0.271 e. The number of non-ortho nitro benzene ring substituents is 2. The van der Waals surface area contributed by atoms with Crippen molar-refractivity contribution in [2.75, 3.05) is 13.9 Å². The molecule has 4 aromatic rings. The van der Waals surface area contributed by atoms with Gasteiger partial charge < -0.3 is 14.2 Å². The molecule has 0 amide bonds. The van der Waals surface area contributed by atoms with Crippen LogP contribution in [0.15, 0.2) is 59.8 Å². The molecule has 3 aromatic carbocycles. The minimum absolute atomic E-state index is 0.0534. The van der Waals surface area contributed by atoms with E-state index in [0.717, 1.165) is 0 Å². The topological polar surface area (TPSA) is 132 Å². The molecule has 0 N–H and O–H groups in total. The SMILES string of the molecule is COc1ccccc1-n1c(SCc2cc([N+](=O)[O-])cc3c2OCOC3)nc2cc([N+](=O)[O-])ccc21. The van der Waals surface area contributed by atoms with Crippen molar-refractivity contribution in [1.82, 2.24) is 9.55 Å². The fourth-order valence-electron chi connectivity index (χ4n) is 3.94. The third-order valence-corrected chi connectivity index (χ3v) is 6.47. The lowest BCUT2D eigenvalue weighted by molar-refractivity contribution is -0.385. The maximum absolute atomic E-state index is 11.5. The molecule has 0 aliphatic carbocycles. The van der Waals surface area contributed by atoms with Gasteiger partial charge in [-0.25, -0.2) is 4.98 Å². The lowest BCUT2D eigenvalue weighted by Gasteiger charge is -2.20. The molecule has 0 bridgehead atoms. The van der Waals surface area contributed by atoms with Crippen molar-refractivity contribution in [2.24, 2.45) is 0 Å². The van der Waals surface area contributed by atoms with Gasteiger partial charge in [-0.05, 0) is 18.2 Å². The number of hydrogen-bond donors (Lipinski definition) is 0. The van der Waals surface area contributed by atoms with Crippen molar-refractivity contribution < 1.29 is 24.1 Å². The van der Waals surface area contributed by atoms with Crippen LogP contribution in [-0.4, -0.2) is 33.3 Å². The highest BCUT2D eigenvalue weighted by Gasteiger charge is 2.23. The van der Waals surface area contributed by atoms with Gasteiger partial charge in [0.05, 0.1) is 40.3 Å².